The van der Waals surface area contributed by atoms with Crippen LogP contribution in [0.4, 0.5) is 0 Å². The van der Waals surface area contributed by atoms with Crippen LogP contribution in [0.25, 0.3) is 0 Å². The predicted octanol–water partition coefficient (Wildman–Crippen LogP) is 1.56. The Hall–Kier alpha value is -1.65. The fraction of sp³-hybridized carbons (Fsp3) is 0.870. The maximum atomic E-state index is 13.6. The van der Waals surface area contributed by atoms with Crippen molar-refractivity contribution in [3.8, 4) is 6.07 Å². The van der Waals surface area contributed by atoms with Gasteiger partial charge in [0.25, 0.3) is 0 Å². The maximum absolute atomic E-state index is 13.6. The molecule has 0 aromatic carbocycles. The SMILES string of the molecule is CNC(C)C(=O)OC12CC3CC(C1)CC(C(N)C(=O)N1C(C#N)CC4C(C)C41)(C3)C2. The molecule has 6 fully saturated rings. The topological polar surface area (TPSA) is 108 Å². The second kappa shape index (κ2) is 6.67. The number of amides is 1. The van der Waals surface area contributed by atoms with Crippen molar-refractivity contribution in [2.24, 2.45) is 34.8 Å². The van der Waals surface area contributed by atoms with Crippen LogP contribution in [0, 0.1) is 40.4 Å². The van der Waals surface area contributed by atoms with E-state index >= 15 is 0 Å². The maximum Gasteiger partial charge on any atom is 0.323 e. The van der Waals surface area contributed by atoms with Crippen LogP contribution >= 0.6 is 0 Å². The normalized spacial score (nSPS) is 47.4. The summed E-state index contributed by atoms with van der Waals surface area (Å²) < 4.78 is 6.14. The Kier molecular flexibility index (Phi) is 4.51. The zero-order valence-corrected chi connectivity index (χ0v) is 18.3. The number of piperidine rings is 1. The van der Waals surface area contributed by atoms with Crippen molar-refractivity contribution in [2.75, 3.05) is 7.05 Å². The molecule has 30 heavy (non-hydrogen) atoms. The highest BCUT2D eigenvalue weighted by Crippen LogP contribution is 2.64. The number of likely N-dealkylation sites (tertiary alicyclic amines) is 1. The fourth-order valence-corrected chi connectivity index (χ4v) is 7.90. The van der Waals surface area contributed by atoms with Gasteiger partial charge in [-0.25, -0.2) is 0 Å². The van der Waals surface area contributed by atoms with E-state index in [0.717, 1.165) is 38.5 Å². The molecule has 1 aliphatic heterocycles. The highest BCUT2D eigenvalue weighted by atomic mass is 16.6. The molecule has 8 unspecified atom stereocenters. The average Bonchev–Trinajstić information content (AvgIpc) is 3.14. The Morgan fingerprint density at radius 1 is 1.23 bits per heavy atom. The molecule has 0 aromatic rings. The molecule has 4 bridgehead atoms. The molecule has 7 nitrogen and oxygen atoms in total. The first-order valence-electron chi connectivity index (χ1n) is 11.6. The standard InChI is InChI=1S/C23H34N4O3/c1-12-17-5-16(10-24)27(18(12)17)20(28)19(25)22-6-14-4-15(7-22)9-23(8-14,11-22)30-21(29)13(2)26-3/h12-19,26H,4-9,11,25H2,1-3H3. The minimum absolute atomic E-state index is 0.0505. The van der Waals surface area contributed by atoms with Gasteiger partial charge in [0, 0.05) is 6.04 Å². The minimum Gasteiger partial charge on any atom is -0.458 e. The zero-order chi connectivity index (χ0) is 21.4. The van der Waals surface area contributed by atoms with Gasteiger partial charge < -0.3 is 20.7 Å². The number of nitrogens with one attached hydrogen (secondary N) is 1. The summed E-state index contributed by atoms with van der Waals surface area (Å²) in [6.07, 6.45) is 6.26. The molecular formula is C23H34N4O3. The molecule has 1 saturated heterocycles. The molecule has 3 N–H and O–H groups in total. The zero-order valence-electron chi connectivity index (χ0n) is 18.3. The lowest BCUT2D eigenvalue weighted by Gasteiger charge is -2.62. The van der Waals surface area contributed by atoms with E-state index in [-0.39, 0.29) is 35.4 Å². The van der Waals surface area contributed by atoms with E-state index in [2.05, 4.69) is 18.3 Å². The molecule has 5 aliphatic carbocycles. The van der Waals surface area contributed by atoms with Crippen LogP contribution in [-0.2, 0) is 14.3 Å². The van der Waals surface area contributed by atoms with Gasteiger partial charge in [0.2, 0.25) is 5.91 Å². The number of nitriles is 1. The lowest BCUT2D eigenvalue weighted by molar-refractivity contribution is -0.207. The molecule has 6 rings (SSSR count). The van der Waals surface area contributed by atoms with E-state index in [4.69, 9.17) is 10.5 Å². The number of carbonyl (C=O) groups excluding carboxylic acids is 2. The van der Waals surface area contributed by atoms with Crippen LogP contribution in [0.1, 0.15) is 58.8 Å². The second-order valence-corrected chi connectivity index (χ2v) is 11.1. The summed E-state index contributed by atoms with van der Waals surface area (Å²) in [4.78, 5) is 28.1. The first kappa shape index (κ1) is 20.3. The van der Waals surface area contributed by atoms with Gasteiger partial charge in [-0.1, -0.05) is 6.92 Å². The number of nitrogens with two attached hydrogens (primary N) is 1. The Bertz CT molecular complexity index is 793. The number of fused-ring (bicyclic) bond motifs is 1. The van der Waals surface area contributed by atoms with Crippen molar-refractivity contribution in [3.05, 3.63) is 0 Å². The lowest BCUT2D eigenvalue weighted by atomic mass is 9.46. The molecule has 6 aliphatic rings. The summed E-state index contributed by atoms with van der Waals surface area (Å²) in [5.74, 6) is 1.58. The van der Waals surface area contributed by atoms with Gasteiger partial charge in [-0.05, 0) is 88.0 Å². The smallest absolute Gasteiger partial charge is 0.323 e. The van der Waals surface area contributed by atoms with Gasteiger partial charge in [0.05, 0.1) is 12.1 Å². The molecule has 8 atom stereocenters. The highest BCUT2D eigenvalue weighted by Gasteiger charge is 2.65. The molecule has 0 spiro atoms. The van der Waals surface area contributed by atoms with Gasteiger partial charge in [0.15, 0.2) is 0 Å². The average molecular weight is 415 g/mol. The summed E-state index contributed by atoms with van der Waals surface area (Å²) in [6, 6.07) is 1.21. The van der Waals surface area contributed by atoms with E-state index in [1.54, 1.807) is 7.05 Å². The van der Waals surface area contributed by atoms with Crippen LogP contribution in [0.5, 0.6) is 0 Å². The Morgan fingerprint density at radius 2 is 1.90 bits per heavy atom. The van der Waals surface area contributed by atoms with E-state index in [1.165, 1.54) is 0 Å². The van der Waals surface area contributed by atoms with Crippen molar-refractivity contribution in [3.63, 3.8) is 0 Å². The quantitative estimate of drug-likeness (QED) is 0.661. The van der Waals surface area contributed by atoms with Gasteiger partial charge in [-0.3, -0.25) is 9.59 Å². The van der Waals surface area contributed by atoms with Crippen molar-refractivity contribution in [2.45, 2.75) is 88.6 Å². The number of nitrogens with zero attached hydrogens (tertiary/aromatic N) is 2. The summed E-state index contributed by atoms with van der Waals surface area (Å²) in [5, 5.41) is 12.6. The van der Waals surface area contributed by atoms with Gasteiger partial charge in [-0.15, -0.1) is 0 Å². The van der Waals surface area contributed by atoms with E-state index in [0.29, 0.717) is 30.1 Å². The van der Waals surface area contributed by atoms with Crippen LogP contribution in [0.2, 0.25) is 0 Å². The van der Waals surface area contributed by atoms with E-state index in [1.807, 2.05) is 11.8 Å². The van der Waals surface area contributed by atoms with Crippen LogP contribution in [0.15, 0.2) is 0 Å². The molecule has 1 amide bonds. The molecular weight excluding hydrogens is 380 g/mol. The summed E-state index contributed by atoms with van der Waals surface area (Å²) in [5.41, 5.74) is 5.96. The third-order valence-corrected chi connectivity index (χ3v) is 9.15. The van der Waals surface area contributed by atoms with Crippen molar-refractivity contribution in [1.82, 2.24) is 10.2 Å². The minimum atomic E-state index is -0.620. The third kappa shape index (κ3) is 2.83. The summed E-state index contributed by atoms with van der Waals surface area (Å²) >= 11 is 0. The molecule has 0 aromatic heterocycles. The van der Waals surface area contributed by atoms with Gasteiger partial charge in [-0.2, -0.15) is 5.26 Å². The number of esters is 1. The number of likely N-dealkylation sites (N-methyl/N-ethyl adjacent to an activating group) is 1. The van der Waals surface area contributed by atoms with Gasteiger partial charge in [0.1, 0.15) is 17.7 Å². The Morgan fingerprint density at radius 3 is 2.50 bits per heavy atom. The van der Waals surface area contributed by atoms with Crippen molar-refractivity contribution in [1.29, 1.82) is 5.26 Å². The number of hydrogen-bond donors (Lipinski definition) is 2. The van der Waals surface area contributed by atoms with Gasteiger partial charge >= 0.3 is 5.97 Å². The number of rotatable bonds is 5. The number of ether oxygens (including phenoxy) is 1. The predicted molar refractivity (Wildman–Crippen MR) is 110 cm³/mol. The monoisotopic (exact) mass is 414 g/mol. The largest absolute Gasteiger partial charge is 0.458 e. The molecule has 5 saturated carbocycles. The molecule has 1 heterocycles. The summed E-state index contributed by atoms with van der Waals surface area (Å²) in [7, 11) is 1.76. The van der Waals surface area contributed by atoms with Crippen molar-refractivity contribution < 1.29 is 14.3 Å². The number of carbonyl (C=O) groups is 2. The van der Waals surface area contributed by atoms with Crippen molar-refractivity contribution >= 4 is 11.9 Å². The Labute approximate surface area is 178 Å². The lowest BCUT2D eigenvalue weighted by Crippen LogP contribution is -2.66. The fourth-order valence-electron chi connectivity index (χ4n) is 7.90. The second-order valence-electron chi connectivity index (χ2n) is 11.1. The van der Waals surface area contributed by atoms with E-state index < -0.39 is 11.6 Å². The number of hydrogen-bond acceptors (Lipinski definition) is 6. The third-order valence-electron chi connectivity index (χ3n) is 9.15. The first-order valence-corrected chi connectivity index (χ1v) is 11.6. The Balaban J connectivity index is 1.39. The van der Waals surface area contributed by atoms with Crippen LogP contribution in [-0.4, -0.2) is 53.6 Å². The molecule has 164 valence electrons. The molecule has 7 heteroatoms. The highest BCUT2D eigenvalue weighted by molar-refractivity contribution is 5.84. The van der Waals surface area contributed by atoms with E-state index in [9.17, 15) is 14.9 Å². The molecule has 0 radical (unpaired) electrons. The first-order chi connectivity index (χ1) is 14.2. The van der Waals surface area contributed by atoms with Crippen LogP contribution < -0.4 is 11.1 Å². The summed E-state index contributed by atoms with van der Waals surface area (Å²) in [6.45, 7) is 3.98. The van der Waals surface area contributed by atoms with Crippen LogP contribution in [0.3, 0.4) is 0 Å².